The summed E-state index contributed by atoms with van der Waals surface area (Å²) in [6, 6.07) is 8.71. The zero-order valence-electron chi connectivity index (χ0n) is 9.19. The molecule has 0 saturated heterocycles. The Labute approximate surface area is 97.4 Å². The first-order valence-electron chi connectivity index (χ1n) is 5.01. The molecule has 0 unspecified atom stereocenters. The average Bonchev–Trinajstić information content (AvgIpc) is 2.87. The van der Waals surface area contributed by atoms with Crippen LogP contribution < -0.4 is 4.98 Å². The van der Waals surface area contributed by atoms with E-state index in [0.717, 1.165) is 0 Å². The van der Waals surface area contributed by atoms with Gasteiger partial charge in [0.05, 0.1) is 7.11 Å². The summed E-state index contributed by atoms with van der Waals surface area (Å²) < 4.78 is 4.58. The fourth-order valence-electron chi connectivity index (χ4n) is 1.50. The first-order valence-corrected chi connectivity index (χ1v) is 5.01. The predicted octanol–water partition coefficient (Wildman–Crippen LogP) is 0.846. The fraction of sp³-hybridized carbons (Fsp3) is 0.0833. The summed E-state index contributed by atoms with van der Waals surface area (Å²) in [5, 5.41) is 0. The first-order chi connectivity index (χ1) is 8.24. The van der Waals surface area contributed by atoms with Crippen LogP contribution in [0.15, 0.2) is 36.7 Å². The molecule has 2 aromatic rings. The molecule has 1 aromatic carbocycles. The second-order valence-electron chi connectivity index (χ2n) is 3.37. The lowest BCUT2D eigenvalue weighted by atomic mass is 10.1. The summed E-state index contributed by atoms with van der Waals surface area (Å²) in [5.41, 5.74) is 0.831. The van der Waals surface area contributed by atoms with Crippen LogP contribution in [-0.4, -0.2) is 23.8 Å². The van der Waals surface area contributed by atoms with Crippen LogP contribution >= 0.6 is 0 Å². The number of carbonyl (C=O) groups is 2. The van der Waals surface area contributed by atoms with Crippen LogP contribution in [0.25, 0.3) is 0 Å². The lowest BCUT2D eigenvalue weighted by Crippen LogP contribution is -2.18. The maximum absolute atomic E-state index is 12.1. The minimum absolute atomic E-state index is 0.126. The Hall–Kier alpha value is -2.43. The molecule has 86 valence electrons. The third kappa shape index (κ3) is 2.08. The zero-order valence-corrected chi connectivity index (χ0v) is 9.19. The molecule has 0 aliphatic heterocycles. The number of aromatic amines is 2. The minimum Gasteiger partial charge on any atom is -0.463 e. The molecule has 17 heavy (non-hydrogen) atoms. The van der Waals surface area contributed by atoms with Gasteiger partial charge in [-0.25, -0.2) is 14.8 Å². The highest BCUT2D eigenvalue weighted by atomic mass is 16.5. The number of hydrogen-bond donors (Lipinski definition) is 1. The number of imidazole rings is 1. The van der Waals surface area contributed by atoms with Crippen molar-refractivity contribution in [3.05, 3.63) is 53.6 Å². The summed E-state index contributed by atoms with van der Waals surface area (Å²) in [6.45, 7) is 0. The van der Waals surface area contributed by atoms with Gasteiger partial charge in [-0.3, -0.25) is 4.79 Å². The van der Waals surface area contributed by atoms with E-state index in [1.165, 1.54) is 13.4 Å². The number of carbonyl (C=O) groups excluding carboxylic acids is 2. The fourth-order valence-corrected chi connectivity index (χ4v) is 1.50. The first kappa shape index (κ1) is 11.1. The second-order valence-corrected chi connectivity index (χ2v) is 3.37. The molecule has 2 N–H and O–H groups in total. The van der Waals surface area contributed by atoms with E-state index < -0.39 is 5.97 Å². The molecular formula is C12H11N2O3+. The van der Waals surface area contributed by atoms with Gasteiger partial charge in [0, 0.05) is 5.56 Å². The Morgan fingerprint density at radius 1 is 1.24 bits per heavy atom. The number of hydrogen-bond acceptors (Lipinski definition) is 3. The summed E-state index contributed by atoms with van der Waals surface area (Å²) in [4.78, 5) is 28.9. The quantitative estimate of drug-likeness (QED) is 0.628. The maximum atomic E-state index is 12.1. The molecule has 0 radical (unpaired) electrons. The van der Waals surface area contributed by atoms with Crippen molar-refractivity contribution >= 4 is 11.8 Å². The van der Waals surface area contributed by atoms with Crippen molar-refractivity contribution in [1.29, 1.82) is 0 Å². The van der Waals surface area contributed by atoms with Gasteiger partial charge in [-0.2, -0.15) is 0 Å². The third-order valence-corrected chi connectivity index (χ3v) is 2.34. The molecule has 0 aliphatic rings. The van der Waals surface area contributed by atoms with Gasteiger partial charge in [0.25, 0.3) is 5.69 Å². The van der Waals surface area contributed by atoms with Crippen LogP contribution in [0.1, 0.15) is 26.5 Å². The maximum Gasteiger partial charge on any atom is 0.382 e. The summed E-state index contributed by atoms with van der Waals surface area (Å²) in [7, 11) is 1.26. The molecule has 2 rings (SSSR count). The number of nitrogens with one attached hydrogen (secondary N) is 2. The molecule has 0 bridgehead atoms. The molecule has 0 atom stereocenters. The van der Waals surface area contributed by atoms with Crippen molar-refractivity contribution < 1.29 is 19.3 Å². The van der Waals surface area contributed by atoms with Gasteiger partial charge in [0.1, 0.15) is 0 Å². The van der Waals surface area contributed by atoms with Gasteiger partial charge in [-0.05, 0) is 0 Å². The van der Waals surface area contributed by atoms with Crippen molar-refractivity contribution in [1.82, 2.24) is 4.98 Å². The Balaban J connectivity index is 2.39. The van der Waals surface area contributed by atoms with Crippen LogP contribution in [0.3, 0.4) is 0 Å². The molecule has 0 fully saturated rings. The van der Waals surface area contributed by atoms with Crippen LogP contribution in [-0.2, 0) is 4.74 Å². The highest BCUT2D eigenvalue weighted by Gasteiger charge is 2.26. The van der Waals surface area contributed by atoms with E-state index in [4.69, 9.17) is 0 Å². The van der Waals surface area contributed by atoms with Crippen LogP contribution in [0.4, 0.5) is 0 Å². The average molecular weight is 231 g/mol. The number of ether oxygens (including phenoxy) is 1. The lowest BCUT2D eigenvalue weighted by molar-refractivity contribution is -0.379. The number of rotatable bonds is 3. The SMILES string of the molecule is COC(=O)c1[nH]c[nH+]c1C(=O)c1ccccc1. The van der Waals surface area contributed by atoms with Crippen LogP contribution in [0.5, 0.6) is 0 Å². The monoisotopic (exact) mass is 231 g/mol. The lowest BCUT2D eigenvalue weighted by Gasteiger charge is -1.97. The standard InChI is InChI=1S/C12H10N2O3/c1-17-12(16)10-9(13-7-14-10)11(15)8-5-3-2-4-6-8/h2-7H,1H3,(H,13,14)/p+1. The number of benzene rings is 1. The molecule has 0 saturated carbocycles. The van der Waals surface area contributed by atoms with Crippen molar-refractivity contribution in [2.45, 2.75) is 0 Å². The summed E-state index contributed by atoms with van der Waals surface area (Å²) in [6.07, 6.45) is 1.42. The highest BCUT2D eigenvalue weighted by Crippen LogP contribution is 2.09. The van der Waals surface area contributed by atoms with Gasteiger partial charge < -0.3 is 4.74 Å². The smallest absolute Gasteiger partial charge is 0.382 e. The number of esters is 1. The normalized spacial score (nSPS) is 9.94. The minimum atomic E-state index is -0.578. The van der Waals surface area contributed by atoms with E-state index in [1.807, 2.05) is 6.07 Å². The van der Waals surface area contributed by atoms with Gasteiger partial charge in [-0.1, -0.05) is 30.3 Å². The van der Waals surface area contributed by atoms with Crippen molar-refractivity contribution in [3.63, 3.8) is 0 Å². The molecule has 0 spiro atoms. The van der Waals surface area contributed by atoms with Gasteiger partial charge in [0.15, 0.2) is 0 Å². The van der Waals surface area contributed by atoms with E-state index in [9.17, 15) is 9.59 Å². The summed E-state index contributed by atoms with van der Waals surface area (Å²) in [5.74, 6) is -0.835. The van der Waals surface area contributed by atoms with E-state index in [2.05, 4.69) is 14.7 Å². The molecule has 0 aliphatic carbocycles. The molecule has 0 amide bonds. The molecule has 1 heterocycles. The number of methoxy groups -OCH3 is 1. The largest absolute Gasteiger partial charge is 0.463 e. The highest BCUT2D eigenvalue weighted by molar-refractivity contribution is 6.11. The summed E-state index contributed by atoms with van der Waals surface area (Å²) >= 11 is 0. The van der Waals surface area contributed by atoms with Crippen LogP contribution in [0, 0.1) is 0 Å². The number of ketones is 1. The van der Waals surface area contributed by atoms with Crippen molar-refractivity contribution in [3.8, 4) is 0 Å². The molecular weight excluding hydrogens is 220 g/mol. The topological polar surface area (TPSA) is 73.3 Å². The third-order valence-electron chi connectivity index (χ3n) is 2.34. The Kier molecular flexibility index (Phi) is 3.00. The Morgan fingerprint density at radius 2 is 1.94 bits per heavy atom. The van der Waals surface area contributed by atoms with Crippen molar-refractivity contribution in [2.75, 3.05) is 7.11 Å². The van der Waals surface area contributed by atoms with Gasteiger partial charge in [-0.15, -0.1) is 0 Å². The second kappa shape index (κ2) is 4.61. The Bertz CT molecular complexity index is 546. The number of aromatic nitrogens is 2. The van der Waals surface area contributed by atoms with E-state index in [1.54, 1.807) is 24.3 Å². The van der Waals surface area contributed by atoms with Gasteiger partial charge >= 0.3 is 5.97 Å². The van der Waals surface area contributed by atoms with E-state index in [-0.39, 0.29) is 17.2 Å². The zero-order chi connectivity index (χ0) is 12.3. The van der Waals surface area contributed by atoms with E-state index >= 15 is 0 Å². The molecule has 1 aromatic heterocycles. The predicted molar refractivity (Wildman–Crippen MR) is 58.6 cm³/mol. The van der Waals surface area contributed by atoms with Gasteiger partial charge in [0.2, 0.25) is 17.8 Å². The molecule has 5 heteroatoms. The molecule has 5 nitrogen and oxygen atoms in total. The Morgan fingerprint density at radius 3 is 2.59 bits per heavy atom. The van der Waals surface area contributed by atoms with Crippen molar-refractivity contribution in [2.24, 2.45) is 0 Å². The number of H-pyrrole nitrogens is 2. The van der Waals surface area contributed by atoms with Crippen LogP contribution in [0.2, 0.25) is 0 Å². The van der Waals surface area contributed by atoms with E-state index in [0.29, 0.717) is 5.56 Å².